The van der Waals surface area contributed by atoms with Gasteiger partial charge >= 0.3 is 0 Å². The summed E-state index contributed by atoms with van der Waals surface area (Å²) in [5.41, 5.74) is 5.50. The van der Waals surface area contributed by atoms with Crippen LogP contribution in [0.25, 0.3) is 0 Å². The van der Waals surface area contributed by atoms with Gasteiger partial charge in [0.1, 0.15) is 11.6 Å². The molecule has 0 fully saturated rings. The molecule has 24 heavy (non-hydrogen) atoms. The van der Waals surface area contributed by atoms with Gasteiger partial charge in [-0.25, -0.2) is 14.2 Å². The Hall–Kier alpha value is -2.80. The fraction of sp³-hybridized carbons (Fsp3) is 0.176. The maximum absolute atomic E-state index is 14.3. The molecule has 0 spiro atoms. The monoisotopic (exact) mass is 333 g/mol. The first-order valence-corrected chi connectivity index (χ1v) is 7.21. The SMILES string of the molecule is CNNC(=O)c1ccc(CN(C(C)=O)c2cccc(F)c2)c(F)c1. The molecule has 0 saturated carbocycles. The summed E-state index contributed by atoms with van der Waals surface area (Å²) in [6.45, 7) is 1.25. The minimum atomic E-state index is -0.624. The molecule has 0 aromatic heterocycles. The van der Waals surface area contributed by atoms with Crippen molar-refractivity contribution >= 4 is 17.5 Å². The number of hydrogen-bond donors (Lipinski definition) is 2. The summed E-state index contributed by atoms with van der Waals surface area (Å²) in [7, 11) is 1.52. The fourth-order valence-electron chi connectivity index (χ4n) is 2.20. The van der Waals surface area contributed by atoms with Gasteiger partial charge in [0, 0.05) is 30.8 Å². The van der Waals surface area contributed by atoms with E-state index in [1.807, 2.05) is 0 Å². The predicted molar refractivity (Wildman–Crippen MR) is 86.2 cm³/mol. The number of nitrogens with zero attached hydrogens (tertiary/aromatic N) is 1. The molecule has 2 N–H and O–H groups in total. The molecule has 0 saturated heterocycles. The van der Waals surface area contributed by atoms with Crippen molar-refractivity contribution in [2.24, 2.45) is 0 Å². The van der Waals surface area contributed by atoms with Crippen molar-refractivity contribution in [1.29, 1.82) is 0 Å². The first-order chi connectivity index (χ1) is 11.4. The Morgan fingerprint density at radius 3 is 2.46 bits per heavy atom. The third-order valence-electron chi connectivity index (χ3n) is 3.38. The van der Waals surface area contributed by atoms with Crippen LogP contribution in [0.5, 0.6) is 0 Å². The summed E-state index contributed by atoms with van der Waals surface area (Å²) in [6.07, 6.45) is 0. The van der Waals surface area contributed by atoms with E-state index in [2.05, 4.69) is 10.9 Å². The zero-order valence-electron chi connectivity index (χ0n) is 13.3. The summed E-state index contributed by atoms with van der Waals surface area (Å²) in [6, 6.07) is 9.47. The number of anilines is 1. The van der Waals surface area contributed by atoms with E-state index in [-0.39, 0.29) is 23.6 Å². The molecule has 126 valence electrons. The second kappa shape index (κ2) is 7.65. The number of hydrogen-bond acceptors (Lipinski definition) is 3. The van der Waals surface area contributed by atoms with Crippen LogP contribution in [0.4, 0.5) is 14.5 Å². The van der Waals surface area contributed by atoms with E-state index in [4.69, 9.17) is 0 Å². The Balaban J connectivity index is 2.27. The Morgan fingerprint density at radius 2 is 1.88 bits per heavy atom. The van der Waals surface area contributed by atoms with E-state index in [1.54, 1.807) is 6.07 Å². The number of carbonyl (C=O) groups is 2. The molecule has 5 nitrogen and oxygen atoms in total. The van der Waals surface area contributed by atoms with Crippen LogP contribution >= 0.6 is 0 Å². The highest BCUT2D eigenvalue weighted by Crippen LogP contribution is 2.20. The van der Waals surface area contributed by atoms with Crippen molar-refractivity contribution in [3.8, 4) is 0 Å². The molecule has 0 unspecified atom stereocenters. The number of carbonyl (C=O) groups excluding carboxylic acids is 2. The van der Waals surface area contributed by atoms with E-state index in [0.717, 1.165) is 6.07 Å². The molecule has 2 aromatic rings. The van der Waals surface area contributed by atoms with Crippen LogP contribution < -0.4 is 15.8 Å². The first kappa shape index (κ1) is 17.6. The van der Waals surface area contributed by atoms with Gasteiger partial charge in [0.05, 0.1) is 6.54 Å². The number of rotatable bonds is 5. The summed E-state index contributed by atoms with van der Waals surface area (Å²) in [5, 5.41) is 0. The van der Waals surface area contributed by atoms with Crippen molar-refractivity contribution in [3.05, 3.63) is 65.2 Å². The van der Waals surface area contributed by atoms with Crippen LogP contribution in [0.2, 0.25) is 0 Å². The highest BCUT2D eigenvalue weighted by molar-refractivity contribution is 5.94. The lowest BCUT2D eigenvalue weighted by Crippen LogP contribution is -2.34. The molecule has 2 amide bonds. The zero-order chi connectivity index (χ0) is 17.7. The van der Waals surface area contributed by atoms with Gasteiger partial charge in [-0.3, -0.25) is 15.0 Å². The number of amides is 2. The molecule has 7 heteroatoms. The van der Waals surface area contributed by atoms with E-state index in [9.17, 15) is 18.4 Å². The first-order valence-electron chi connectivity index (χ1n) is 7.21. The van der Waals surface area contributed by atoms with Gasteiger partial charge in [0.15, 0.2) is 0 Å². The van der Waals surface area contributed by atoms with Gasteiger partial charge in [-0.1, -0.05) is 12.1 Å². The quantitative estimate of drug-likeness (QED) is 0.826. The molecule has 0 atom stereocenters. The van der Waals surface area contributed by atoms with Gasteiger partial charge in [0.25, 0.3) is 5.91 Å². The van der Waals surface area contributed by atoms with Gasteiger partial charge in [-0.15, -0.1) is 0 Å². The highest BCUT2D eigenvalue weighted by atomic mass is 19.1. The molecular formula is C17H17F2N3O2. The number of benzene rings is 2. The van der Waals surface area contributed by atoms with Crippen LogP contribution in [0, 0.1) is 11.6 Å². The summed E-state index contributed by atoms with van der Waals surface area (Å²) in [4.78, 5) is 24.8. The number of halogens is 2. The second-order valence-electron chi connectivity index (χ2n) is 5.10. The minimum absolute atomic E-state index is 0.0709. The summed E-state index contributed by atoms with van der Waals surface area (Å²) < 4.78 is 27.6. The van der Waals surface area contributed by atoms with Crippen LogP contribution in [0.1, 0.15) is 22.8 Å². The van der Waals surface area contributed by atoms with Crippen molar-refractivity contribution in [2.45, 2.75) is 13.5 Å². The maximum atomic E-state index is 14.3. The van der Waals surface area contributed by atoms with E-state index < -0.39 is 17.5 Å². The van der Waals surface area contributed by atoms with Gasteiger partial charge in [-0.2, -0.15) is 0 Å². The fourth-order valence-corrected chi connectivity index (χ4v) is 2.20. The lowest BCUT2D eigenvalue weighted by molar-refractivity contribution is -0.116. The molecule has 0 radical (unpaired) electrons. The van der Waals surface area contributed by atoms with Crippen molar-refractivity contribution in [2.75, 3.05) is 11.9 Å². The third-order valence-corrected chi connectivity index (χ3v) is 3.38. The smallest absolute Gasteiger partial charge is 0.265 e. The Kier molecular flexibility index (Phi) is 5.59. The standard InChI is InChI=1S/C17H17F2N3O2/c1-11(23)22(15-5-3-4-14(18)9-15)10-13-7-6-12(8-16(13)19)17(24)21-20-2/h3-9,20H,10H2,1-2H3,(H,21,24). The van der Waals surface area contributed by atoms with Gasteiger partial charge < -0.3 is 4.90 Å². The Bertz CT molecular complexity index is 765. The average Bonchev–Trinajstić information content (AvgIpc) is 2.53. The largest absolute Gasteiger partial charge is 0.308 e. The number of hydrazine groups is 1. The van der Waals surface area contributed by atoms with Crippen molar-refractivity contribution in [1.82, 2.24) is 10.9 Å². The molecule has 0 aliphatic heterocycles. The molecular weight excluding hydrogens is 316 g/mol. The summed E-state index contributed by atoms with van der Waals surface area (Å²) >= 11 is 0. The Labute approximate surface area is 138 Å². The lowest BCUT2D eigenvalue weighted by atomic mass is 10.1. The van der Waals surface area contributed by atoms with Crippen molar-refractivity contribution in [3.63, 3.8) is 0 Å². The molecule has 2 rings (SSSR count). The van der Waals surface area contributed by atoms with Gasteiger partial charge in [-0.05, 0) is 30.3 Å². The third kappa shape index (κ3) is 4.14. The lowest BCUT2D eigenvalue weighted by Gasteiger charge is -2.22. The average molecular weight is 333 g/mol. The molecule has 0 aliphatic carbocycles. The molecule has 0 bridgehead atoms. The van der Waals surface area contributed by atoms with Crippen LogP contribution in [-0.2, 0) is 11.3 Å². The van der Waals surface area contributed by atoms with Crippen LogP contribution in [0.3, 0.4) is 0 Å². The summed E-state index contributed by atoms with van der Waals surface area (Å²) in [5.74, 6) is -1.94. The predicted octanol–water partition coefficient (Wildman–Crippen LogP) is 2.38. The second-order valence-corrected chi connectivity index (χ2v) is 5.10. The zero-order valence-corrected chi connectivity index (χ0v) is 13.3. The van der Waals surface area contributed by atoms with E-state index in [1.165, 1.54) is 49.2 Å². The van der Waals surface area contributed by atoms with E-state index in [0.29, 0.717) is 5.69 Å². The normalized spacial score (nSPS) is 10.3. The van der Waals surface area contributed by atoms with Gasteiger partial charge in [0.2, 0.25) is 5.91 Å². The molecule has 0 heterocycles. The Morgan fingerprint density at radius 1 is 1.12 bits per heavy atom. The maximum Gasteiger partial charge on any atom is 0.265 e. The van der Waals surface area contributed by atoms with E-state index >= 15 is 0 Å². The molecule has 2 aromatic carbocycles. The highest BCUT2D eigenvalue weighted by Gasteiger charge is 2.16. The van der Waals surface area contributed by atoms with Crippen molar-refractivity contribution < 1.29 is 18.4 Å². The molecule has 0 aliphatic rings. The number of nitrogens with one attached hydrogen (secondary N) is 2. The topological polar surface area (TPSA) is 61.4 Å². The van der Waals surface area contributed by atoms with Crippen LogP contribution in [0.15, 0.2) is 42.5 Å². The van der Waals surface area contributed by atoms with Crippen LogP contribution in [-0.4, -0.2) is 18.9 Å². The minimum Gasteiger partial charge on any atom is -0.308 e.